The molecule has 0 fully saturated rings. The Kier molecular flexibility index (Phi) is 9.23. The van der Waals surface area contributed by atoms with E-state index in [0.717, 1.165) is 22.5 Å². The fourth-order valence-corrected chi connectivity index (χ4v) is 4.02. The molecule has 8 nitrogen and oxygen atoms in total. The van der Waals surface area contributed by atoms with Crippen molar-refractivity contribution in [3.8, 4) is 5.69 Å². The number of nitrogens with one attached hydrogen (secondary N) is 2. The number of benzene rings is 2. The summed E-state index contributed by atoms with van der Waals surface area (Å²) in [6, 6.07) is 12.3. The van der Waals surface area contributed by atoms with Crippen LogP contribution in [-0.4, -0.2) is 53.4 Å². The lowest BCUT2D eigenvalue weighted by Crippen LogP contribution is -2.42. The van der Waals surface area contributed by atoms with Gasteiger partial charge in [-0.1, -0.05) is 67.7 Å². The summed E-state index contributed by atoms with van der Waals surface area (Å²) >= 11 is 12.3. The summed E-state index contributed by atoms with van der Waals surface area (Å²) in [6.45, 7) is 10.4. The predicted octanol–water partition coefficient (Wildman–Crippen LogP) is 6.21. The van der Waals surface area contributed by atoms with Gasteiger partial charge in [-0.05, 0) is 37.6 Å². The van der Waals surface area contributed by atoms with Crippen LogP contribution < -0.4 is 10.6 Å². The van der Waals surface area contributed by atoms with Crippen LogP contribution in [0.4, 0.5) is 16.3 Å². The number of halogens is 2. The van der Waals surface area contributed by atoms with Crippen LogP contribution in [0.2, 0.25) is 10.0 Å². The summed E-state index contributed by atoms with van der Waals surface area (Å²) in [6.07, 6.45) is 0. The third kappa shape index (κ3) is 7.25. The Balaban J connectivity index is 1.85. The number of amides is 3. The maximum Gasteiger partial charge on any atom is 0.322 e. The Morgan fingerprint density at radius 2 is 1.81 bits per heavy atom. The molecular formula is C27H33Cl2N5O3. The first kappa shape index (κ1) is 28.5. The van der Waals surface area contributed by atoms with Crippen molar-refractivity contribution in [1.29, 1.82) is 0 Å². The molecule has 1 heterocycles. The molecule has 2 N–H and O–H groups in total. The summed E-state index contributed by atoms with van der Waals surface area (Å²) in [5.41, 5.74) is 3.97. The van der Waals surface area contributed by atoms with Crippen molar-refractivity contribution < 1.29 is 14.3 Å². The van der Waals surface area contributed by atoms with E-state index < -0.39 is 6.03 Å². The minimum atomic E-state index is -0.505. The Bertz CT molecular complexity index is 1280. The number of rotatable bonds is 8. The van der Waals surface area contributed by atoms with Crippen LogP contribution in [0.3, 0.4) is 0 Å². The number of hydrogen-bond acceptors (Lipinski definition) is 4. The van der Waals surface area contributed by atoms with Crippen LogP contribution in [0.5, 0.6) is 0 Å². The first-order chi connectivity index (χ1) is 17.4. The molecule has 3 aromatic rings. The Morgan fingerprint density at radius 1 is 1.08 bits per heavy atom. The second-order valence-corrected chi connectivity index (χ2v) is 10.6. The molecule has 2 aromatic carbocycles. The molecule has 0 bridgehead atoms. The van der Waals surface area contributed by atoms with Gasteiger partial charge >= 0.3 is 6.03 Å². The molecule has 0 radical (unpaired) electrons. The van der Waals surface area contributed by atoms with E-state index in [1.165, 1.54) is 12.0 Å². The Hall–Kier alpha value is -3.07. The van der Waals surface area contributed by atoms with E-state index in [-0.39, 0.29) is 36.0 Å². The van der Waals surface area contributed by atoms with Crippen molar-refractivity contribution in [3.05, 3.63) is 69.3 Å². The van der Waals surface area contributed by atoms with Gasteiger partial charge in [0.25, 0.3) is 0 Å². The summed E-state index contributed by atoms with van der Waals surface area (Å²) < 4.78 is 6.88. The number of anilines is 2. The number of aromatic nitrogens is 2. The molecule has 1 aromatic heterocycles. The third-order valence-electron chi connectivity index (χ3n) is 5.71. The molecule has 0 spiro atoms. The average Bonchev–Trinajstić information content (AvgIpc) is 3.23. The zero-order valence-electron chi connectivity index (χ0n) is 22.0. The molecule has 0 aliphatic rings. The van der Waals surface area contributed by atoms with E-state index >= 15 is 0 Å². The number of carbonyl (C=O) groups is 2. The molecule has 198 valence electrons. The minimum Gasteiger partial charge on any atom is -0.383 e. The van der Waals surface area contributed by atoms with Gasteiger partial charge in [0.05, 0.1) is 33.7 Å². The third-order valence-corrected chi connectivity index (χ3v) is 6.52. The first-order valence-electron chi connectivity index (χ1n) is 11.9. The SMILES string of the molecule is COCCN(CC(=O)Nc1cc(C(C)(C)C)nn1-c1ccc(C)cc1C)C(=O)Nc1cccc(Cl)c1Cl. The van der Waals surface area contributed by atoms with Crippen LogP contribution in [0, 0.1) is 13.8 Å². The fourth-order valence-electron chi connectivity index (χ4n) is 3.67. The smallest absolute Gasteiger partial charge is 0.322 e. The zero-order chi connectivity index (χ0) is 27.3. The van der Waals surface area contributed by atoms with E-state index in [0.29, 0.717) is 16.5 Å². The average molecular weight is 546 g/mol. The highest BCUT2D eigenvalue weighted by Gasteiger charge is 2.24. The Labute approximate surface area is 227 Å². The zero-order valence-corrected chi connectivity index (χ0v) is 23.5. The van der Waals surface area contributed by atoms with Crippen molar-refractivity contribution >= 4 is 46.6 Å². The molecule has 0 aliphatic carbocycles. The summed E-state index contributed by atoms with van der Waals surface area (Å²) in [5.74, 6) is 0.140. The number of nitrogens with zero attached hydrogens (tertiary/aromatic N) is 3. The lowest BCUT2D eigenvalue weighted by atomic mass is 9.92. The number of ether oxygens (including phenoxy) is 1. The largest absolute Gasteiger partial charge is 0.383 e. The van der Waals surface area contributed by atoms with Crippen LogP contribution in [0.15, 0.2) is 42.5 Å². The van der Waals surface area contributed by atoms with Gasteiger partial charge in [-0.25, -0.2) is 9.48 Å². The number of urea groups is 1. The van der Waals surface area contributed by atoms with E-state index in [1.54, 1.807) is 22.9 Å². The first-order valence-corrected chi connectivity index (χ1v) is 12.6. The van der Waals surface area contributed by atoms with Crippen LogP contribution >= 0.6 is 23.2 Å². The normalized spacial score (nSPS) is 11.4. The van der Waals surface area contributed by atoms with Gasteiger partial charge in [0.15, 0.2) is 0 Å². The van der Waals surface area contributed by atoms with Crippen molar-refractivity contribution in [3.63, 3.8) is 0 Å². The molecule has 0 saturated heterocycles. The van der Waals surface area contributed by atoms with Gasteiger partial charge in [-0.3, -0.25) is 4.79 Å². The van der Waals surface area contributed by atoms with E-state index in [1.807, 2.05) is 32.0 Å². The van der Waals surface area contributed by atoms with Crippen molar-refractivity contribution in [2.24, 2.45) is 0 Å². The summed E-state index contributed by atoms with van der Waals surface area (Å²) in [7, 11) is 1.53. The van der Waals surface area contributed by atoms with Crippen LogP contribution in [0.1, 0.15) is 37.6 Å². The van der Waals surface area contributed by atoms with E-state index in [4.69, 9.17) is 33.0 Å². The van der Waals surface area contributed by atoms with Gasteiger partial charge in [0.2, 0.25) is 5.91 Å². The topological polar surface area (TPSA) is 88.5 Å². The number of aryl methyl sites for hydroxylation is 2. The van der Waals surface area contributed by atoms with E-state index in [2.05, 4.69) is 37.5 Å². The standard InChI is InChI=1S/C27H33Cl2N5O3/c1-17-10-11-21(18(2)14-17)34-23(15-22(32-34)27(3,4)5)31-24(35)16-33(12-13-37-6)26(36)30-20-9-7-8-19(28)25(20)29/h7-11,14-15H,12-13,16H2,1-6H3,(H,30,36)(H,31,35). The molecule has 3 amide bonds. The molecule has 37 heavy (non-hydrogen) atoms. The summed E-state index contributed by atoms with van der Waals surface area (Å²) in [5, 5.41) is 11.0. The predicted molar refractivity (Wildman–Crippen MR) is 149 cm³/mol. The van der Waals surface area contributed by atoms with Crippen molar-refractivity contribution in [1.82, 2.24) is 14.7 Å². The quantitative estimate of drug-likeness (QED) is 0.352. The molecule has 0 aliphatic heterocycles. The highest BCUT2D eigenvalue weighted by molar-refractivity contribution is 6.43. The van der Waals surface area contributed by atoms with Crippen molar-refractivity contribution in [2.45, 2.75) is 40.0 Å². The van der Waals surface area contributed by atoms with Gasteiger partial charge in [0, 0.05) is 25.1 Å². The van der Waals surface area contributed by atoms with Gasteiger partial charge in [-0.15, -0.1) is 0 Å². The number of methoxy groups -OCH3 is 1. The maximum atomic E-state index is 13.2. The maximum absolute atomic E-state index is 13.2. The second-order valence-electron chi connectivity index (χ2n) is 9.86. The van der Waals surface area contributed by atoms with Gasteiger partial charge in [0.1, 0.15) is 12.4 Å². The van der Waals surface area contributed by atoms with Crippen molar-refractivity contribution in [2.75, 3.05) is 37.4 Å². The highest BCUT2D eigenvalue weighted by Crippen LogP contribution is 2.30. The molecule has 0 saturated carbocycles. The number of carbonyl (C=O) groups excluding carboxylic acids is 2. The van der Waals surface area contributed by atoms with Gasteiger partial charge < -0.3 is 20.3 Å². The monoisotopic (exact) mass is 545 g/mol. The minimum absolute atomic E-state index is 0.192. The molecular weight excluding hydrogens is 513 g/mol. The lowest BCUT2D eigenvalue weighted by Gasteiger charge is -2.23. The Morgan fingerprint density at radius 3 is 2.46 bits per heavy atom. The molecule has 0 atom stereocenters. The second kappa shape index (κ2) is 12.0. The van der Waals surface area contributed by atoms with E-state index in [9.17, 15) is 9.59 Å². The fraction of sp³-hybridized carbons (Fsp3) is 0.370. The van der Waals surface area contributed by atoms with Crippen LogP contribution in [0.25, 0.3) is 5.69 Å². The lowest BCUT2D eigenvalue weighted by molar-refractivity contribution is -0.116. The molecule has 10 heteroatoms. The summed E-state index contributed by atoms with van der Waals surface area (Å²) in [4.78, 5) is 27.6. The molecule has 3 rings (SSSR count). The molecule has 0 unspecified atom stereocenters. The van der Waals surface area contributed by atoms with Gasteiger partial charge in [-0.2, -0.15) is 5.10 Å². The van der Waals surface area contributed by atoms with Crippen LogP contribution in [-0.2, 0) is 14.9 Å². The highest BCUT2D eigenvalue weighted by atomic mass is 35.5. The number of hydrogen-bond donors (Lipinski definition) is 2.